The second kappa shape index (κ2) is 9.31. The summed E-state index contributed by atoms with van der Waals surface area (Å²) < 4.78 is 5.92. The highest BCUT2D eigenvalue weighted by molar-refractivity contribution is 7.14. The molecule has 160 valence electrons. The molecule has 0 unspecified atom stereocenters. The van der Waals surface area contributed by atoms with E-state index in [1.54, 1.807) is 4.90 Å². The van der Waals surface area contributed by atoms with Gasteiger partial charge in [-0.3, -0.25) is 9.59 Å². The number of aromatic nitrogens is 1. The van der Waals surface area contributed by atoms with Crippen molar-refractivity contribution in [2.45, 2.75) is 31.6 Å². The van der Waals surface area contributed by atoms with Crippen molar-refractivity contribution in [2.24, 2.45) is 5.73 Å². The van der Waals surface area contributed by atoms with Gasteiger partial charge < -0.3 is 15.4 Å². The highest BCUT2D eigenvalue weighted by Crippen LogP contribution is 2.37. The molecule has 6 nitrogen and oxygen atoms in total. The number of carbonyl (C=O) groups excluding carboxylic acids is 2. The first kappa shape index (κ1) is 21.1. The number of primary amides is 1. The second-order valence-corrected chi connectivity index (χ2v) is 8.67. The van der Waals surface area contributed by atoms with Crippen LogP contribution >= 0.6 is 11.3 Å². The molecule has 1 aromatic carbocycles. The number of para-hydroxylation sites is 1. The largest absolute Gasteiger partial charge is 0.462 e. The van der Waals surface area contributed by atoms with Gasteiger partial charge in [0.05, 0.1) is 10.7 Å². The zero-order valence-electron chi connectivity index (χ0n) is 17.3. The minimum Gasteiger partial charge on any atom is -0.462 e. The number of nitrogens with zero attached hydrogens (tertiary/aromatic N) is 2. The monoisotopic (exact) mass is 435 g/mol. The van der Waals surface area contributed by atoms with Crippen molar-refractivity contribution in [3.8, 4) is 5.75 Å². The molecule has 1 aromatic heterocycles. The van der Waals surface area contributed by atoms with E-state index in [0.717, 1.165) is 47.8 Å². The first-order valence-electron chi connectivity index (χ1n) is 10.4. The fraction of sp³-hybridized carbons (Fsp3) is 0.292. The molecule has 2 aromatic rings. The van der Waals surface area contributed by atoms with Gasteiger partial charge in [0.2, 0.25) is 5.91 Å². The first-order chi connectivity index (χ1) is 15.0. The van der Waals surface area contributed by atoms with Crippen molar-refractivity contribution in [2.75, 3.05) is 13.1 Å². The summed E-state index contributed by atoms with van der Waals surface area (Å²) in [5.41, 5.74) is 7.36. The molecule has 31 heavy (non-hydrogen) atoms. The van der Waals surface area contributed by atoms with Crippen molar-refractivity contribution in [1.82, 2.24) is 9.88 Å². The molecular formula is C24H25N3O3S. The Morgan fingerprint density at radius 3 is 2.52 bits per heavy atom. The summed E-state index contributed by atoms with van der Waals surface area (Å²) in [4.78, 5) is 31.1. The summed E-state index contributed by atoms with van der Waals surface area (Å²) in [5.74, 6) is 1.42. The molecule has 0 spiro atoms. The normalized spacial score (nSPS) is 17.0. The van der Waals surface area contributed by atoms with Crippen molar-refractivity contribution < 1.29 is 14.3 Å². The first-order valence-corrected chi connectivity index (χ1v) is 11.2. The summed E-state index contributed by atoms with van der Waals surface area (Å²) >= 11 is 1.38. The molecule has 1 aliphatic carbocycles. The van der Waals surface area contributed by atoms with Gasteiger partial charge in [-0.2, -0.15) is 0 Å². The molecule has 2 heterocycles. The van der Waals surface area contributed by atoms with E-state index in [-0.39, 0.29) is 11.8 Å². The summed E-state index contributed by atoms with van der Waals surface area (Å²) in [6.45, 7) is 4.89. The Labute approximate surface area is 185 Å². The standard InChI is InChI=1S/C24H25N3O3S/c1-2-20(28)27-14-12-17(13-15-27)24-26-21(22(31-24)23(25)29)16-8-10-19(11-9-16)30-18-6-4-3-5-7-18/h2-8,10,17H,1,9,11-15H2,(H2,25,29). The molecule has 1 saturated heterocycles. The predicted octanol–water partition coefficient (Wildman–Crippen LogP) is 4.27. The molecule has 0 saturated carbocycles. The zero-order valence-corrected chi connectivity index (χ0v) is 18.1. The fourth-order valence-electron chi connectivity index (χ4n) is 3.91. The lowest BCUT2D eigenvalue weighted by atomic mass is 9.97. The molecule has 0 radical (unpaired) electrons. The minimum atomic E-state index is -0.450. The van der Waals surface area contributed by atoms with Crippen molar-refractivity contribution in [3.63, 3.8) is 0 Å². The van der Waals surface area contributed by atoms with Crippen LogP contribution in [0.15, 0.2) is 60.9 Å². The Kier molecular flexibility index (Phi) is 6.32. The third-order valence-corrected chi connectivity index (χ3v) is 6.84. The Morgan fingerprint density at radius 1 is 1.16 bits per heavy atom. The highest BCUT2D eigenvalue weighted by Gasteiger charge is 2.28. The van der Waals surface area contributed by atoms with Crippen LogP contribution in [0.1, 0.15) is 52.0 Å². The van der Waals surface area contributed by atoms with Crippen LogP contribution in [0.3, 0.4) is 0 Å². The van der Waals surface area contributed by atoms with Crippen molar-refractivity contribution in [1.29, 1.82) is 0 Å². The summed E-state index contributed by atoms with van der Waals surface area (Å²) in [6, 6.07) is 9.67. The molecule has 4 rings (SSSR count). The number of piperidine rings is 1. The molecule has 2 amide bonds. The van der Waals surface area contributed by atoms with Gasteiger partial charge in [0, 0.05) is 25.4 Å². The topological polar surface area (TPSA) is 85.5 Å². The minimum absolute atomic E-state index is 0.0382. The van der Waals surface area contributed by atoms with Crippen LogP contribution in [0.25, 0.3) is 5.57 Å². The quantitative estimate of drug-likeness (QED) is 0.687. The molecule has 0 atom stereocenters. The van der Waals surface area contributed by atoms with Crippen LogP contribution in [0.2, 0.25) is 0 Å². The summed E-state index contributed by atoms with van der Waals surface area (Å²) in [6.07, 6.45) is 8.36. The lowest BCUT2D eigenvalue weighted by molar-refractivity contribution is -0.127. The number of likely N-dealkylation sites (tertiary alicyclic amines) is 1. The lowest BCUT2D eigenvalue weighted by Crippen LogP contribution is -2.36. The van der Waals surface area contributed by atoms with Gasteiger partial charge in [0.1, 0.15) is 16.4 Å². The van der Waals surface area contributed by atoms with Crippen molar-refractivity contribution in [3.05, 3.63) is 76.5 Å². The average molecular weight is 436 g/mol. The van der Waals surface area contributed by atoms with Gasteiger partial charge in [-0.25, -0.2) is 4.98 Å². The van der Waals surface area contributed by atoms with E-state index >= 15 is 0 Å². The van der Waals surface area contributed by atoms with Crippen LogP contribution in [0, 0.1) is 0 Å². The number of hydrogen-bond acceptors (Lipinski definition) is 5. The van der Waals surface area contributed by atoms with E-state index in [0.29, 0.717) is 23.7 Å². The molecule has 2 N–H and O–H groups in total. The van der Waals surface area contributed by atoms with Gasteiger partial charge >= 0.3 is 0 Å². The van der Waals surface area contributed by atoms with E-state index in [1.165, 1.54) is 17.4 Å². The van der Waals surface area contributed by atoms with Gasteiger partial charge in [-0.05, 0) is 49.1 Å². The number of benzene rings is 1. The SMILES string of the molecule is C=CC(=O)N1CCC(c2nc(C3=CC=C(Oc4ccccc4)CC3)c(C(N)=O)s2)CC1. The van der Waals surface area contributed by atoms with E-state index in [9.17, 15) is 9.59 Å². The van der Waals surface area contributed by atoms with Crippen LogP contribution in [0.4, 0.5) is 0 Å². The van der Waals surface area contributed by atoms with E-state index in [4.69, 9.17) is 15.5 Å². The molecule has 0 bridgehead atoms. The van der Waals surface area contributed by atoms with Gasteiger partial charge in [0.15, 0.2) is 0 Å². The van der Waals surface area contributed by atoms with E-state index < -0.39 is 5.91 Å². The number of thiazole rings is 1. The number of nitrogens with two attached hydrogens (primary N) is 1. The third kappa shape index (κ3) is 4.77. The number of carbonyl (C=O) groups is 2. The maximum Gasteiger partial charge on any atom is 0.261 e. The number of rotatable bonds is 6. The Hall–Kier alpha value is -3.19. The van der Waals surface area contributed by atoms with Crippen LogP contribution < -0.4 is 10.5 Å². The predicted molar refractivity (Wildman–Crippen MR) is 122 cm³/mol. The molecule has 2 aliphatic rings. The number of hydrogen-bond donors (Lipinski definition) is 1. The second-order valence-electron chi connectivity index (χ2n) is 7.64. The maximum absolute atomic E-state index is 12.1. The molecule has 7 heteroatoms. The zero-order chi connectivity index (χ0) is 21.8. The van der Waals surface area contributed by atoms with Gasteiger partial charge in [-0.15, -0.1) is 11.3 Å². The number of amides is 2. The third-order valence-electron chi connectivity index (χ3n) is 5.61. The maximum atomic E-state index is 12.1. The van der Waals surface area contributed by atoms with E-state index in [2.05, 4.69) is 6.58 Å². The summed E-state index contributed by atoms with van der Waals surface area (Å²) in [5, 5.41) is 0.922. The molecule has 1 aliphatic heterocycles. The van der Waals surface area contributed by atoms with Crippen LogP contribution in [-0.2, 0) is 4.79 Å². The fourth-order valence-corrected chi connectivity index (χ4v) is 5.03. The average Bonchev–Trinajstić information content (AvgIpc) is 3.26. The Morgan fingerprint density at radius 2 is 1.90 bits per heavy atom. The lowest BCUT2D eigenvalue weighted by Gasteiger charge is -2.30. The Bertz CT molecular complexity index is 1050. The smallest absolute Gasteiger partial charge is 0.261 e. The number of allylic oxidation sites excluding steroid dienone is 4. The molecule has 1 fully saturated rings. The summed E-state index contributed by atoms with van der Waals surface area (Å²) in [7, 11) is 0. The van der Waals surface area contributed by atoms with Crippen molar-refractivity contribution >= 4 is 28.7 Å². The number of ether oxygens (including phenoxy) is 1. The highest BCUT2D eigenvalue weighted by atomic mass is 32.1. The van der Waals surface area contributed by atoms with Gasteiger partial charge in [0.25, 0.3) is 5.91 Å². The molecular weight excluding hydrogens is 410 g/mol. The van der Waals surface area contributed by atoms with Gasteiger partial charge in [-0.1, -0.05) is 30.9 Å². The van der Waals surface area contributed by atoms with E-state index in [1.807, 2.05) is 42.5 Å². The Balaban J connectivity index is 1.51. The van der Waals surface area contributed by atoms with Crippen LogP contribution in [-0.4, -0.2) is 34.8 Å². The van der Waals surface area contributed by atoms with Crippen LogP contribution in [0.5, 0.6) is 5.75 Å².